The number of carbonyl (C=O) groups is 1. The van der Waals surface area contributed by atoms with Crippen molar-refractivity contribution in [3.05, 3.63) is 0 Å². The van der Waals surface area contributed by atoms with Crippen molar-refractivity contribution in [2.45, 2.75) is 38.1 Å². The van der Waals surface area contributed by atoms with Gasteiger partial charge in [0.1, 0.15) is 0 Å². The molecule has 1 aliphatic heterocycles. The minimum Gasteiger partial charge on any atom is -0.341 e. The van der Waals surface area contributed by atoms with Crippen molar-refractivity contribution in [2.24, 2.45) is 23.5 Å². The van der Waals surface area contributed by atoms with Crippen LogP contribution in [0.5, 0.6) is 0 Å². The molecule has 3 nitrogen and oxygen atoms in total. The quantitative estimate of drug-likeness (QED) is 0.735. The molecule has 1 heterocycles. The minimum atomic E-state index is -0.205. The van der Waals surface area contributed by atoms with Gasteiger partial charge < -0.3 is 10.6 Å². The van der Waals surface area contributed by atoms with Gasteiger partial charge in [-0.25, -0.2) is 0 Å². The zero-order chi connectivity index (χ0) is 10.4. The molecule has 2 aliphatic carbocycles. The summed E-state index contributed by atoms with van der Waals surface area (Å²) in [6.07, 6.45) is 6.50. The molecule has 84 valence electrons. The molecule has 0 aromatic carbocycles. The van der Waals surface area contributed by atoms with E-state index in [4.69, 9.17) is 5.73 Å². The molecular weight excluding hydrogens is 188 g/mol. The lowest BCUT2D eigenvalue weighted by Gasteiger charge is -2.27. The van der Waals surface area contributed by atoms with Crippen LogP contribution in [0, 0.1) is 17.8 Å². The number of likely N-dealkylation sites (tertiary alicyclic amines) is 1. The Kier molecular flexibility index (Phi) is 2.23. The minimum absolute atomic E-state index is 0.192. The van der Waals surface area contributed by atoms with Crippen LogP contribution in [0.3, 0.4) is 0 Å². The van der Waals surface area contributed by atoms with Crippen LogP contribution < -0.4 is 5.73 Å². The van der Waals surface area contributed by atoms with Crippen molar-refractivity contribution < 1.29 is 4.79 Å². The molecule has 0 radical (unpaired) electrons. The Labute approximate surface area is 91.0 Å². The monoisotopic (exact) mass is 208 g/mol. The van der Waals surface area contributed by atoms with Gasteiger partial charge >= 0.3 is 0 Å². The first-order valence-electron chi connectivity index (χ1n) is 6.28. The van der Waals surface area contributed by atoms with Crippen molar-refractivity contribution in [3.63, 3.8) is 0 Å². The maximum absolute atomic E-state index is 11.7. The van der Waals surface area contributed by atoms with Crippen LogP contribution in [-0.2, 0) is 4.79 Å². The number of hydrogen-bond acceptors (Lipinski definition) is 2. The van der Waals surface area contributed by atoms with Gasteiger partial charge in [-0.15, -0.1) is 0 Å². The van der Waals surface area contributed by atoms with Crippen molar-refractivity contribution in [1.82, 2.24) is 4.90 Å². The summed E-state index contributed by atoms with van der Waals surface area (Å²) in [6.45, 7) is 1.89. The number of hydrogen-bond donors (Lipinski definition) is 1. The Morgan fingerprint density at radius 3 is 2.67 bits per heavy atom. The molecule has 4 unspecified atom stereocenters. The first-order chi connectivity index (χ1) is 7.24. The summed E-state index contributed by atoms with van der Waals surface area (Å²) in [6, 6.07) is -0.205. The van der Waals surface area contributed by atoms with E-state index < -0.39 is 0 Å². The normalized spacial score (nSPS) is 44.3. The standard InChI is InChI=1S/C12H20N2O/c13-11-3-4-14(12(11)15)7-10-6-8-1-2-9(10)5-8/h8-11H,1-7,13H2. The molecule has 3 aliphatic rings. The molecular formula is C12H20N2O. The lowest BCUT2D eigenvalue weighted by Crippen LogP contribution is -2.37. The second kappa shape index (κ2) is 3.48. The van der Waals surface area contributed by atoms with E-state index in [1.165, 1.54) is 25.7 Å². The molecule has 2 N–H and O–H groups in total. The Bertz CT molecular complexity index is 279. The molecule has 4 atom stereocenters. The van der Waals surface area contributed by atoms with Crippen molar-refractivity contribution >= 4 is 5.91 Å². The first kappa shape index (κ1) is 9.64. The number of amides is 1. The predicted octanol–water partition coefficient (Wildman–Crippen LogP) is 0.982. The maximum atomic E-state index is 11.7. The van der Waals surface area contributed by atoms with E-state index in [0.717, 1.165) is 37.3 Å². The number of fused-ring (bicyclic) bond motifs is 2. The van der Waals surface area contributed by atoms with E-state index in [1.54, 1.807) is 0 Å². The maximum Gasteiger partial charge on any atom is 0.239 e. The number of nitrogens with zero attached hydrogens (tertiary/aromatic N) is 1. The summed E-state index contributed by atoms with van der Waals surface area (Å²) in [5.74, 6) is 2.88. The van der Waals surface area contributed by atoms with E-state index >= 15 is 0 Å². The highest BCUT2D eigenvalue weighted by molar-refractivity contribution is 5.83. The van der Waals surface area contributed by atoms with Gasteiger partial charge in [0.2, 0.25) is 5.91 Å². The summed E-state index contributed by atoms with van der Waals surface area (Å²) in [5.41, 5.74) is 5.73. The summed E-state index contributed by atoms with van der Waals surface area (Å²) in [4.78, 5) is 13.7. The molecule has 0 spiro atoms. The van der Waals surface area contributed by atoms with Crippen LogP contribution in [0.2, 0.25) is 0 Å². The number of carbonyl (C=O) groups excluding carboxylic acids is 1. The van der Waals surface area contributed by atoms with Gasteiger partial charge in [0.05, 0.1) is 6.04 Å². The Balaban J connectivity index is 1.60. The van der Waals surface area contributed by atoms with E-state index in [2.05, 4.69) is 0 Å². The lowest BCUT2D eigenvalue weighted by molar-refractivity contribution is -0.129. The van der Waals surface area contributed by atoms with E-state index in [9.17, 15) is 4.79 Å². The highest BCUT2D eigenvalue weighted by Gasteiger charge is 2.41. The first-order valence-corrected chi connectivity index (χ1v) is 6.28. The average Bonchev–Trinajstić information content (AvgIpc) is 2.89. The summed E-state index contributed by atoms with van der Waals surface area (Å²) >= 11 is 0. The van der Waals surface area contributed by atoms with Gasteiger partial charge in [0.15, 0.2) is 0 Å². The van der Waals surface area contributed by atoms with Crippen molar-refractivity contribution in [3.8, 4) is 0 Å². The largest absolute Gasteiger partial charge is 0.341 e. The third-order valence-corrected chi connectivity index (χ3v) is 4.68. The zero-order valence-electron chi connectivity index (χ0n) is 9.19. The fourth-order valence-corrected chi connectivity index (χ4v) is 3.83. The van der Waals surface area contributed by atoms with Crippen LogP contribution in [0.1, 0.15) is 32.1 Å². The third kappa shape index (κ3) is 1.57. The van der Waals surface area contributed by atoms with Gasteiger partial charge in [0, 0.05) is 13.1 Å². The third-order valence-electron chi connectivity index (χ3n) is 4.68. The number of rotatable bonds is 2. The van der Waals surface area contributed by atoms with Gasteiger partial charge in [-0.3, -0.25) is 4.79 Å². The predicted molar refractivity (Wildman–Crippen MR) is 58.1 cm³/mol. The van der Waals surface area contributed by atoms with Crippen LogP contribution in [0.15, 0.2) is 0 Å². The van der Waals surface area contributed by atoms with Gasteiger partial charge in [-0.2, -0.15) is 0 Å². The fourth-order valence-electron chi connectivity index (χ4n) is 3.83. The molecule has 1 saturated heterocycles. The van der Waals surface area contributed by atoms with Crippen LogP contribution in [0.4, 0.5) is 0 Å². The highest BCUT2D eigenvalue weighted by atomic mass is 16.2. The molecule has 1 amide bonds. The highest BCUT2D eigenvalue weighted by Crippen LogP contribution is 2.48. The second-order valence-corrected chi connectivity index (χ2v) is 5.61. The fraction of sp³-hybridized carbons (Fsp3) is 0.917. The summed E-state index contributed by atoms with van der Waals surface area (Å²) in [5, 5.41) is 0. The Morgan fingerprint density at radius 2 is 2.13 bits per heavy atom. The molecule has 2 saturated carbocycles. The van der Waals surface area contributed by atoms with Crippen molar-refractivity contribution in [2.75, 3.05) is 13.1 Å². The molecule has 15 heavy (non-hydrogen) atoms. The van der Waals surface area contributed by atoms with Gasteiger partial charge in [-0.1, -0.05) is 6.42 Å². The van der Waals surface area contributed by atoms with Crippen LogP contribution >= 0.6 is 0 Å². The van der Waals surface area contributed by atoms with E-state index in [-0.39, 0.29) is 11.9 Å². The lowest BCUT2D eigenvalue weighted by atomic mass is 9.88. The van der Waals surface area contributed by atoms with Crippen molar-refractivity contribution in [1.29, 1.82) is 0 Å². The molecule has 3 heteroatoms. The Morgan fingerprint density at radius 1 is 1.27 bits per heavy atom. The average molecular weight is 208 g/mol. The molecule has 0 aromatic heterocycles. The molecule has 3 rings (SSSR count). The smallest absolute Gasteiger partial charge is 0.239 e. The molecule has 3 fully saturated rings. The van der Waals surface area contributed by atoms with E-state index in [1.807, 2.05) is 4.90 Å². The topological polar surface area (TPSA) is 46.3 Å². The van der Waals surface area contributed by atoms with Crippen LogP contribution in [0.25, 0.3) is 0 Å². The zero-order valence-corrected chi connectivity index (χ0v) is 9.19. The summed E-state index contributed by atoms with van der Waals surface area (Å²) in [7, 11) is 0. The number of nitrogens with two attached hydrogens (primary N) is 1. The SMILES string of the molecule is NC1CCN(CC2CC3CCC2C3)C1=O. The molecule has 0 aromatic rings. The molecule has 2 bridgehead atoms. The van der Waals surface area contributed by atoms with Gasteiger partial charge in [-0.05, 0) is 43.4 Å². The van der Waals surface area contributed by atoms with Gasteiger partial charge in [0.25, 0.3) is 0 Å². The van der Waals surface area contributed by atoms with Crippen LogP contribution in [-0.4, -0.2) is 29.9 Å². The summed E-state index contributed by atoms with van der Waals surface area (Å²) < 4.78 is 0. The van der Waals surface area contributed by atoms with E-state index in [0.29, 0.717) is 0 Å². The Hall–Kier alpha value is -0.570. The second-order valence-electron chi connectivity index (χ2n) is 5.61.